The maximum absolute atomic E-state index is 5.68. The second-order valence-electron chi connectivity index (χ2n) is 5.16. The summed E-state index contributed by atoms with van der Waals surface area (Å²) in [5, 5.41) is 0. The van der Waals surface area contributed by atoms with Crippen LogP contribution in [0.1, 0.15) is 29.3 Å². The number of aromatic nitrogens is 2. The van der Waals surface area contributed by atoms with Gasteiger partial charge in [0.25, 0.3) is 0 Å². The molecule has 2 aromatic rings. The van der Waals surface area contributed by atoms with Gasteiger partial charge in [-0.05, 0) is 49.2 Å². The molecular weight excluding hydrogens is 290 g/mol. The molecule has 1 aliphatic rings. The van der Waals surface area contributed by atoms with Crippen LogP contribution in [0.15, 0.2) is 30.5 Å². The summed E-state index contributed by atoms with van der Waals surface area (Å²) in [6.07, 6.45) is 6.25. The molecule has 0 aliphatic heterocycles. The summed E-state index contributed by atoms with van der Waals surface area (Å²) < 4.78 is 3.10. The molecule has 0 radical (unpaired) electrons. The predicted molar refractivity (Wildman–Crippen MR) is 87.1 cm³/mol. The van der Waals surface area contributed by atoms with Crippen LogP contribution in [-0.4, -0.2) is 16.1 Å². The molecule has 0 saturated heterocycles. The predicted octanol–water partition coefficient (Wildman–Crippen LogP) is 3.20. The number of imidazole rings is 1. The van der Waals surface area contributed by atoms with Crippen molar-refractivity contribution >= 4 is 24.6 Å². The Bertz CT molecular complexity index is 632. The quantitative estimate of drug-likeness (QED) is 0.855. The van der Waals surface area contributed by atoms with E-state index in [0.29, 0.717) is 12.6 Å². The van der Waals surface area contributed by atoms with E-state index in [4.69, 9.17) is 18.0 Å². The monoisotopic (exact) mass is 309 g/mol. The van der Waals surface area contributed by atoms with Crippen molar-refractivity contribution in [2.75, 3.05) is 6.54 Å². The molecule has 1 aromatic heterocycles. The highest BCUT2D eigenvalue weighted by atomic mass is 35.5. The summed E-state index contributed by atoms with van der Waals surface area (Å²) in [6, 6.07) is 9.19. The third-order valence-electron chi connectivity index (χ3n) is 3.98. The Morgan fingerprint density at radius 1 is 1.30 bits per heavy atom. The van der Waals surface area contributed by atoms with E-state index < -0.39 is 0 Å². The number of hydrogen-bond donors (Lipinski definition) is 2. The van der Waals surface area contributed by atoms with Crippen molar-refractivity contribution in [1.82, 2.24) is 9.55 Å². The highest BCUT2D eigenvalue weighted by molar-refractivity contribution is 7.71. The van der Waals surface area contributed by atoms with E-state index in [1.54, 1.807) is 0 Å². The largest absolute Gasteiger partial charge is 0.337 e. The lowest BCUT2D eigenvalue weighted by atomic mass is 9.88. The van der Waals surface area contributed by atoms with E-state index in [1.165, 1.54) is 16.8 Å². The zero-order chi connectivity index (χ0) is 13.2. The topological polar surface area (TPSA) is 46.7 Å². The van der Waals surface area contributed by atoms with Crippen molar-refractivity contribution in [3.63, 3.8) is 0 Å². The Balaban J connectivity index is 0.00000147. The summed E-state index contributed by atoms with van der Waals surface area (Å²) in [6.45, 7) is 0.663. The van der Waals surface area contributed by atoms with Gasteiger partial charge in [-0.2, -0.15) is 0 Å². The molecule has 3 nitrogen and oxygen atoms in total. The first-order valence-electron chi connectivity index (χ1n) is 6.85. The van der Waals surface area contributed by atoms with Crippen LogP contribution in [-0.2, 0) is 19.3 Å². The van der Waals surface area contributed by atoms with E-state index in [-0.39, 0.29) is 12.4 Å². The second-order valence-corrected chi connectivity index (χ2v) is 5.55. The fraction of sp³-hybridized carbons (Fsp3) is 0.400. The summed E-state index contributed by atoms with van der Waals surface area (Å²) in [5.41, 5.74) is 9.86. The number of fused-ring (bicyclic) bond motifs is 1. The average molecular weight is 310 g/mol. The number of nitrogens with zero attached hydrogens (tertiary/aromatic N) is 1. The van der Waals surface area contributed by atoms with Crippen LogP contribution in [0.2, 0.25) is 0 Å². The zero-order valence-corrected chi connectivity index (χ0v) is 13.0. The lowest BCUT2D eigenvalue weighted by molar-refractivity contribution is 0.427. The van der Waals surface area contributed by atoms with Crippen molar-refractivity contribution in [1.29, 1.82) is 0 Å². The molecule has 3 rings (SSSR count). The van der Waals surface area contributed by atoms with Crippen LogP contribution in [0.3, 0.4) is 0 Å². The van der Waals surface area contributed by atoms with Gasteiger partial charge in [-0.3, -0.25) is 0 Å². The Hall–Kier alpha value is -1.10. The van der Waals surface area contributed by atoms with Crippen molar-refractivity contribution in [3.8, 4) is 0 Å². The lowest BCUT2D eigenvalue weighted by Gasteiger charge is -2.27. The van der Waals surface area contributed by atoms with Gasteiger partial charge in [0.1, 0.15) is 0 Å². The maximum Gasteiger partial charge on any atom is 0.177 e. The standard InChI is InChI=1S/C15H19N3S.ClH/c16-8-7-14-10-17-15(19)18(14)13-6-5-11-3-1-2-4-12(11)9-13;/h1-4,10,13H,5-9,16H2,(H,17,19);1H/t13-;/m0./s1. The number of H-pyrrole nitrogens is 1. The van der Waals surface area contributed by atoms with Crippen LogP contribution in [0.5, 0.6) is 0 Å². The molecule has 0 fully saturated rings. The van der Waals surface area contributed by atoms with Gasteiger partial charge in [0.15, 0.2) is 4.77 Å². The molecule has 1 aromatic carbocycles. The van der Waals surface area contributed by atoms with Gasteiger partial charge in [-0.25, -0.2) is 0 Å². The Kier molecular flexibility index (Phi) is 5.02. The third-order valence-corrected chi connectivity index (χ3v) is 4.29. The number of benzene rings is 1. The van der Waals surface area contributed by atoms with Crippen LogP contribution < -0.4 is 5.73 Å². The molecule has 1 heterocycles. The normalized spacial score (nSPS) is 17.4. The minimum atomic E-state index is 0. The Morgan fingerprint density at radius 3 is 2.80 bits per heavy atom. The number of nitrogens with one attached hydrogen (secondary N) is 1. The fourth-order valence-electron chi connectivity index (χ4n) is 3.05. The van der Waals surface area contributed by atoms with Crippen molar-refractivity contribution < 1.29 is 0 Å². The molecule has 3 N–H and O–H groups in total. The number of aromatic amines is 1. The number of rotatable bonds is 3. The molecule has 0 spiro atoms. The molecule has 0 bridgehead atoms. The lowest BCUT2D eigenvalue weighted by Crippen LogP contribution is -2.21. The molecule has 5 heteroatoms. The van der Waals surface area contributed by atoms with Crippen LogP contribution in [0.25, 0.3) is 0 Å². The van der Waals surface area contributed by atoms with Crippen molar-refractivity contribution in [2.24, 2.45) is 5.73 Å². The SMILES string of the molecule is Cl.NCCc1c[nH]c(=S)n1[C@H]1CCc2ccccc2C1. The first-order chi connectivity index (χ1) is 9.29. The van der Waals surface area contributed by atoms with E-state index in [9.17, 15) is 0 Å². The molecular formula is C15H20ClN3S. The molecule has 1 atom stereocenters. The van der Waals surface area contributed by atoms with Crippen LogP contribution in [0.4, 0.5) is 0 Å². The van der Waals surface area contributed by atoms with Gasteiger partial charge in [0.05, 0.1) is 0 Å². The fourth-order valence-corrected chi connectivity index (χ4v) is 3.38. The van der Waals surface area contributed by atoms with Gasteiger partial charge >= 0.3 is 0 Å². The molecule has 20 heavy (non-hydrogen) atoms. The second kappa shape index (κ2) is 6.57. The van der Waals surface area contributed by atoms with Crippen LogP contribution in [0, 0.1) is 4.77 Å². The number of aryl methyl sites for hydroxylation is 1. The number of nitrogens with two attached hydrogens (primary N) is 1. The van der Waals surface area contributed by atoms with Gasteiger partial charge < -0.3 is 15.3 Å². The smallest absolute Gasteiger partial charge is 0.177 e. The van der Waals surface area contributed by atoms with E-state index in [1.807, 2.05) is 6.20 Å². The van der Waals surface area contributed by atoms with Crippen molar-refractivity contribution in [2.45, 2.75) is 31.7 Å². The van der Waals surface area contributed by atoms with Gasteiger partial charge in [-0.1, -0.05) is 24.3 Å². The molecule has 1 aliphatic carbocycles. The molecule has 108 valence electrons. The number of halogens is 1. The summed E-state index contributed by atoms with van der Waals surface area (Å²) >= 11 is 5.43. The Labute approximate surface area is 130 Å². The summed E-state index contributed by atoms with van der Waals surface area (Å²) in [7, 11) is 0. The molecule has 0 amide bonds. The van der Waals surface area contributed by atoms with Gasteiger partial charge in [0, 0.05) is 24.4 Å². The summed E-state index contributed by atoms with van der Waals surface area (Å²) in [5.74, 6) is 0. The van der Waals surface area contributed by atoms with Gasteiger partial charge in [0.2, 0.25) is 0 Å². The van der Waals surface area contributed by atoms with E-state index in [0.717, 1.165) is 30.5 Å². The Morgan fingerprint density at radius 2 is 2.05 bits per heavy atom. The first-order valence-corrected chi connectivity index (χ1v) is 7.26. The molecule has 0 saturated carbocycles. The summed E-state index contributed by atoms with van der Waals surface area (Å²) in [4.78, 5) is 3.17. The maximum atomic E-state index is 5.68. The molecule has 0 unspecified atom stereocenters. The third kappa shape index (κ3) is 2.82. The highest BCUT2D eigenvalue weighted by Gasteiger charge is 2.21. The highest BCUT2D eigenvalue weighted by Crippen LogP contribution is 2.30. The minimum absolute atomic E-state index is 0. The van der Waals surface area contributed by atoms with E-state index in [2.05, 4.69) is 33.8 Å². The zero-order valence-electron chi connectivity index (χ0n) is 11.3. The average Bonchev–Trinajstić information content (AvgIpc) is 2.80. The van der Waals surface area contributed by atoms with Gasteiger partial charge in [-0.15, -0.1) is 12.4 Å². The number of hydrogen-bond acceptors (Lipinski definition) is 2. The van der Waals surface area contributed by atoms with Crippen molar-refractivity contribution in [3.05, 3.63) is 52.1 Å². The van der Waals surface area contributed by atoms with E-state index >= 15 is 0 Å². The minimum Gasteiger partial charge on any atom is -0.337 e. The first kappa shape index (κ1) is 15.3. The van der Waals surface area contributed by atoms with Crippen LogP contribution >= 0.6 is 24.6 Å².